The largest absolute Gasteiger partial charge is 0.332 e. The summed E-state index contributed by atoms with van der Waals surface area (Å²) in [5.74, 6) is 2.82. The minimum atomic E-state index is 0.682. The highest BCUT2D eigenvalue weighted by Crippen LogP contribution is 2.39. The van der Waals surface area contributed by atoms with Crippen LogP contribution in [-0.4, -0.2) is 9.55 Å². The third-order valence-electron chi connectivity index (χ3n) is 4.20. The fourth-order valence-corrected chi connectivity index (χ4v) is 3.27. The molecule has 0 saturated heterocycles. The van der Waals surface area contributed by atoms with Crippen molar-refractivity contribution in [2.24, 2.45) is 0 Å². The molecule has 2 nitrogen and oxygen atoms in total. The van der Waals surface area contributed by atoms with E-state index >= 15 is 0 Å². The molecule has 82 valence electrons. The predicted octanol–water partition coefficient (Wildman–Crippen LogP) is 3.22. The summed E-state index contributed by atoms with van der Waals surface area (Å²) in [6.45, 7) is 5.84. The number of hydrogen-bond donors (Lipinski definition) is 0. The molecule has 1 aliphatic heterocycles. The maximum atomic E-state index is 4.93. The lowest BCUT2D eigenvalue weighted by Crippen LogP contribution is -2.15. The molecule has 2 heterocycles. The zero-order chi connectivity index (χ0) is 10.4. The van der Waals surface area contributed by atoms with Crippen molar-refractivity contribution < 1.29 is 0 Å². The number of nitrogens with zero attached hydrogens (tertiary/aromatic N) is 2. The van der Waals surface area contributed by atoms with Gasteiger partial charge in [0, 0.05) is 24.1 Å². The van der Waals surface area contributed by atoms with Crippen LogP contribution < -0.4 is 0 Å². The third-order valence-corrected chi connectivity index (χ3v) is 4.20. The van der Waals surface area contributed by atoms with Crippen LogP contribution in [0.4, 0.5) is 0 Å². The first kappa shape index (κ1) is 9.44. The summed E-state index contributed by atoms with van der Waals surface area (Å²) in [5.41, 5.74) is 3.02. The molecule has 0 bridgehead atoms. The van der Waals surface area contributed by atoms with E-state index in [4.69, 9.17) is 4.98 Å². The Morgan fingerprint density at radius 2 is 2.27 bits per heavy atom. The van der Waals surface area contributed by atoms with E-state index in [1.165, 1.54) is 50.2 Å². The molecule has 2 heteroatoms. The Kier molecular flexibility index (Phi) is 2.11. The number of aromatic nitrogens is 2. The normalized spacial score (nSPS) is 28.9. The standard InChI is InChI=1S/C13H20N2/c1-3-10-6-7-11-12(10)14-13-9(2)5-4-8-15(11)13/h9-10H,3-8H2,1-2H3. The van der Waals surface area contributed by atoms with Gasteiger partial charge in [-0.05, 0) is 32.1 Å². The van der Waals surface area contributed by atoms with E-state index < -0.39 is 0 Å². The van der Waals surface area contributed by atoms with Gasteiger partial charge < -0.3 is 4.57 Å². The summed E-state index contributed by atoms with van der Waals surface area (Å²) in [5, 5.41) is 0. The van der Waals surface area contributed by atoms with E-state index in [1.807, 2.05) is 0 Å². The zero-order valence-corrected chi connectivity index (χ0v) is 9.79. The van der Waals surface area contributed by atoms with Gasteiger partial charge in [0.2, 0.25) is 0 Å². The van der Waals surface area contributed by atoms with E-state index in [0.29, 0.717) is 5.92 Å². The summed E-state index contributed by atoms with van der Waals surface area (Å²) in [4.78, 5) is 4.93. The number of hydrogen-bond acceptors (Lipinski definition) is 1. The Morgan fingerprint density at radius 1 is 1.40 bits per heavy atom. The molecule has 2 aliphatic rings. The molecule has 2 unspecified atom stereocenters. The Balaban J connectivity index is 2.07. The van der Waals surface area contributed by atoms with Crippen LogP contribution in [0.15, 0.2) is 0 Å². The van der Waals surface area contributed by atoms with Gasteiger partial charge in [-0.1, -0.05) is 13.8 Å². The van der Waals surface area contributed by atoms with Crippen LogP contribution >= 0.6 is 0 Å². The molecular formula is C13H20N2. The van der Waals surface area contributed by atoms with E-state index in [-0.39, 0.29) is 0 Å². The first-order chi connectivity index (χ1) is 7.31. The lowest BCUT2D eigenvalue weighted by atomic mass is 10.0. The summed E-state index contributed by atoms with van der Waals surface area (Å²) < 4.78 is 2.53. The van der Waals surface area contributed by atoms with E-state index in [9.17, 15) is 0 Å². The molecule has 3 rings (SSSR count). The van der Waals surface area contributed by atoms with E-state index in [0.717, 1.165) is 5.92 Å². The van der Waals surface area contributed by atoms with Crippen molar-refractivity contribution in [2.45, 2.75) is 64.3 Å². The van der Waals surface area contributed by atoms with Crippen molar-refractivity contribution >= 4 is 0 Å². The van der Waals surface area contributed by atoms with Gasteiger partial charge >= 0.3 is 0 Å². The minimum absolute atomic E-state index is 0.682. The topological polar surface area (TPSA) is 17.8 Å². The van der Waals surface area contributed by atoms with Crippen LogP contribution in [0, 0.1) is 0 Å². The summed E-state index contributed by atoms with van der Waals surface area (Å²) in [6, 6.07) is 0. The molecule has 1 aromatic rings. The van der Waals surface area contributed by atoms with Crippen LogP contribution in [0.3, 0.4) is 0 Å². The molecule has 0 fully saturated rings. The highest BCUT2D eigenvalue weighted by Gasteiger charge is 2.31. The predicted molar refractivity (Wildman–Crippen MR) is 61.2 cm³/mol. The van der Waals surface area contributed by atoms with Gasteiger partial charge in [-0.15, -0.1) is 0 Å². The Labute approximate surface area is 91.7 Å². The fraction of sp³-hybridized carbons (Fsp3) is 0.769. The highest BCUT2D eigenvalue weighted by molar-refractivity contribution is 5.28. The molecule has 0 spiro atoms. The van der Waals surface area contributed by atoms with Crippen molar-refractivity contribution in [3.8, 4) is 0 Å². The monoisotopic (exact) mass is 204 g/mol. The molecule has 15 heavy (non-hydrogen) atoms. The second kappa shape index (κ2) is 3.36. The van der Waals surface area contributed by atoms with Crippen molar-refractivity contribution in [1.29, 1.82) is 0 Å². The SMILES string of the molecule is CCC1CCc2c1nc1n2CCCC1C. The second-order valence-electron chi connectivity index (χ2n) is 5.14. The van der Waals surface area contributed by atoms with Crippen LogP contribution in [0.1, 0.15) is 68.6 Å². The van der Waals surface area contributed by atoms with Gasteiger partial charge in [0.15, 0.2) is 0 Å². The Morgan fingerprint density at radius 3 is 3.07 bits per heavy atom. The van der Waals surface area contributed by atoms with Crippen LogP contribution in [-0.2, 0) is 13.0 Å². The van der Waals surface area contributed by atoms with Crippen molar-refractivity contribution in [3.63, 3.8) is 0 Å². The van der Waals surface area contributed by atoms with Gasteiger partial charge in [-0.3, -0.25) is 0 Å². The van der Waals surface area contributed by atoms with Crippen LogP contribution in [0.25, 0.3) is 0 Å². The highest BCUT2D eigenvalue weighted by atomic mass is 15.1. The molecule has 2 atom stereocenters. The summed E-state index contributed by atoms with van der Waals surface area (Å²) >= 11 is 0. The van der Waals surface area contributed by atoms with Crippen LogP contribution in [0.2, 0.25) is 0 Å². The minimum Gasteiger partial charge on any atom is -0.332 e. The quantitative estimate of drug-likeness (QED) is 0.686. The van der Waals surface area contributed by atoms with E-state index in [1.54, 1.807) is 5.69 Å². The average Bonchev–Trinajstić information content (AvgIpc) is 2.77. The van der Waals surface area contributed by atoms with Gasteiger partial charge in [-0.25, -0.2) is 4.98 Å². The van der Waals surface area contributed by atoms with Crippen LogP contribution in [0.5, 0.6) is 0 Å². The molecule has 1 aromatic heterocycles. The third kappa shape index (κ3) is 1.27. The Bertz CT molecular complexity index is 378. The smallest absolute Gasteiger partial charge is 0.112 e. The van der Waals surface area contributed by atoms with Crippen molar-refractivity contribution in [2.75, 3.05) is 0 Å². The maximum absolute atomic E-state index is 4.93. The number of rotatable bonds is 1. The lowest BCUT2D eigenvalue weighted by molar-refractivity contribution is 0.451. The molecule has 0 radical (unpaired) electrons. The summed E-state index contributed by atoms with van der Waals surface area (Å²) in [7, 11) is 0. The van der Waals surface area contributed by atoms with Crippen molar-refractivity contribution in [3.05, 3.63) is 17.2 Å². The van der Waals surface area contributed by atoms with Gasteiger partial charge in [0.05, 0.1) is 5.69 Å². The molecule has 0 N–H and O–H groups in total. The zero-order valence-electron chi connectivity index (χ0n) is 9.79. The second-order valence-corrected chi connectivity index (χ2v) is 5.14. The number of fused-ring (bicyclic) bond motifs is 3. The fourth-order valence-electron chi connectivity index (χ4n) is 3.27. The van der Waals surface area contributed by atoms with Gasteiger partial charge in [-0.2, -0.15) is 0 Å². The molecular weight excluding hydrogens is 184 g/mol. The summed E-state index contributed by atoms with van der Waals surface area (Å²) in [6.07, 6.45) is 6.54. The lowest BCUT2D eigenvalue weighted by Gasteiger charge is -2.21. The molecule has 0 amide bonds. The Hall–Kier alpha value is -0.790. The molecule has 0 saturated carbocycles. The first-order valence-corrected chi connectivity index (χ1v) is 6.40. The number of imidazole rings is 1. The van der Waals surface area contributed by atoms with Gasteiger partial charge in [0.1, 0.15) is 5.82 Å². The van der Waals surface area contributed by atoms with Crippen molar-refractivity contribution in [1.82, 2.24) is 9.55 Å². The molecule has 0 aromatic carbocycles. The van der Waals surface area contributed by atoms with E-state index in [2.05, 4.69) is 18.4 Å². The average molecular weight is 204 g/mol. The molecule has 1 aliphatic carbocycles. The first-order valence-electron chi connectivity index (χ1n) is 6.40. The maximum Gasteiger partial charge on any atom is 0.112 e. The van der Waals surface area contributed by atoms with Gasteiger partial charge in [0.25, 0.3) is 0 Å².